The molecule has 1 aromatic carbocycles. The normalized spacial score (nSPS) is 26.7. The van der Waals surface area contributed by atoms with E-state index in [0.717, 1.165) is 19.3 Å². The summed E-state index contributed by atoms with van der Waals surface area (Å²) in [6.07, 6.45) is 3.43. The number of benzene rings is 1. The van der Waals surface area contributed by atoms with E-state index in [0.29, 0.717) is 23.2 Å². The molecule has 1 aliphatic carbocycles. The molecule has 0 aromatic heterocycles. The van der Waals surface area contributed by atoms with Crippen molar-refractivity contribution in [3.63, 3.8) is 0 Å². The molecule has 2 amide bonds. The van der Waals surface area contributed by atoms with Crippen molar-refractivity contribution in [3.8, 4) is 0 Å². The molecule has 100 valence electrons. The monoisotopic (exact) mass is 259 g/mol. The lowest BCUT2D eigenvalue weighted by atomic mass is 9.90. The van der Waals surface area contributed by atoms with Gasteiger partial charge in [0, 0.05) is 17.8 Å². The number of amides is 2. The third-order valence-corrected chi connectivity index (χ3v) is 4.03. The average molecular weight is 259 g/mol. The minimum Gasteiger partial charge on any atom is -0.398 e. The van der Waals surface area contributed by atoms with Crippen LogP contribution in [-0.2, 0) is 0 Å². The van der Waals surface area contributed by atoms with Crippen LogP contribution in [0.4, 0.5) is 5.69 Å². The van der Waals surface area contributed by atoms with Crippen LogP contribution in [0.3, 0.4) is 0 Å². The summed E-state index contributed by atoms with van der Waals surface area (Å²) in [5.74, 6) is -0.497. The molecule has 2 atom stereocenters. The molecular weight excluding hydrogens is 242 g/mol. The van der Waals surface area contributed by atoms with Gasteiger partial charge in [-0.05, 0) is 37.8 Å². The number of carbonyl (C=O) groups excluding carboxylic acids is 2. The van der Waals surface area contributed by atoms with Gasteiger partial charge in [0.15, 0.2) is 0 Å². The van der Waals surface area contributed by atoms with Crippen molar-refractivity contribution in [2.75, 3.05) is 5.73 Å². The number of nitrogens with zero attached hydrogens (tertiary/aromatic N) is 1. The van der Waals surface area contributed by atoms with Crippen LogP contribution in [0.5, 0.6) is 0 Å². The second kappa shape index (κ2) is 4.35. The van der Waals surface area contributed by atoms with Crippen molar-refractivity contribution in [2.45, 2.75) is 37.8 Å². The highest BCUT2D eigenvalue weighted by atomic mass is 16.2. The topological polar surface area (TPSA) is 89.4 Å². The summed E-state index contributed by atoms with van der Waals surface area (Å²) in [4.78, 5) is 26.2. The van der Waals surface area contributed by atoms with Crippen LogP contribution < -0.4 is 11.5 Å². The minimum atomic E-state index is -0.266. The van der Waals surface area contributed by atoms with Gasteiger partial charge in [0.05, 0.1) is 11.1 Å². The van der Waals surface area contributed by atoms with Crippen molar-refractivity contribution in [1.29, 1.82) is 0 Å². The molecule has 0 radical (unpaired) electrons. The fourth-order valence-corrected chi connectivity index (χ4v) is 3.10. The Hall–Kier alpha value is -1.88. The predicted octanol–water partition coefficient (Wildman–Crippen LogP) is 1.13. The zero-order chi connectivity index (χ0) is 13.6. The molecule has 1 heterocycles. The van der Waals surface area contributed by atoms with E-state index in [9.17, 15) is 9.59 Å². The minimum absolute atomic E-state index is 0.0698. The van der Waals surface area contributed by atoms with E-state index in [4.69, 9.17) is 11.5 Å². The molecule has 1 fully saturated rings. The molecule has 1 aromatic rings. The van der Waals surface area contributed by atoms with E-state index in [2.05, 4.69) is 0 Å². The summed E-state index contributed by atoms with van der Waals surface area (Å²) in [5, 5.41) is 0. The Labute approximate surface area is 111 Å². The number of fused-ring (bicyclic) bond motifs is 1. The molecule has 5 nitrogen and oxygen atoms in total. The maximum atomic E-state index is 12.4. The quantitative estimate of drug-likeness (QED) is 0.584. The maximum Gasteiger partial charge on any atom is 0.263 e. The summed E-state index contributed by atoms with van der Waals surface area (Å²) in [6, 6.07) is 5.00. The van der Waals surface area contributed by atoms with Crippen molar-refractivity contribution in [1.82, 2.24) is 4.90 Å². The van der Waals surface area contributed by atoms with Crippen molar-refractivity contribution < 1.29 is 9.59 Å². The smallest absolute Gasteiger partial charge is 0.263 e. The van der Waals surface area contributed by atoms with Crippen molar-refractivity contribution >= 4 is 17.5 Å². The average Bonchev–Trinajstić information content (AvgIpc) is 2.63. The molecule has 0 bridgehead atoms. The van der Waals surface area contributed by atoms with Crippen LogP contribution in [0.2, 0.25) is 0 Å². The highest BCUT2D eigenvalue weighted by Crippen LogP contribution is 2.33. The number of hydrogen-bond acceptors (Lipinski definition) is 4. The molecule has 2 unspecified atom stereocenters. The Balaban J connectivity index is 1.96. The summed E-state index contributed by atoms with van der Waals surface area (Å²) in [5.41, 5.74) is 12.9. The number of anilines is 1. The van der Waals surface area contributed by atoms with Crippen LogP contribution in [0.25, 0.3) is 0 Å². The van der Waals surface area contributed by atoms with Gasteiger partial charge in [0.2, 0.25) is 0 Å². The maximum absolute atomic E-state index is 12.4. The number of carbonyl (C=O) groups is 2. The van der Waals surface area contributed by atoms with E-state index in [1.165, 1.54) is 4.90 Å². The second-order valence-electron chi connectivity index (χ2n) is 5.33. The summed E-state index contributed by atoms with van der Waals surface area (Å²) < 4.78 is 0. The van der Waals surface area contributed by atoms with Crippen LogP contribution in [0, 0.1) is 0 Å². The molecular formula is C14H17N3O2. The van der Waals surface area contributed by atoms with Gasteiger partial charge in [-0.1, -0.05) is 6.07 Å². The third kappa shape index (κ3) is 1.81. The Morgan fingerprint density at radius 3 is 2.63 bits per heavy atom. The number of nitrogens with two attached hydrogens (primary N) is 2. The lowest BCUT2D eigenvalue weighted by Gasteiger charge is -2.32. The molecule has 0 spiro atoms. The van der Waals surface area contributed by atoms with Crippen LogP contribution in [-0.4, -0.2) is 28.8 Å². The van der Waals surface area contributed by atoms with Crippen LogP contribution >= 0.6 is 0 Å². The van der Waals surface area contributed by atoms with Gasteiger partial charge in [-0.3, -0.25) is 14.5 Å². The first-order valence-corrected chi connectivity index (χ1v) is 6.61. The number of hydrogen-bond donors (Lipinski definition) is 2. The molecule has 3 rings (SSSR count). The Morgan fingerprint density at radius 1 is 1.16 bits per heavy atom. The predicted molar refractivity (Wildman–Crippen MR) is 71.6 cm³/mol. The summed E-state index contributed by atoms with van der Waals surface area (Å²) in [7, 11) is 0. The third-order valence-electron chi connectivity index (χ3n) is 4.03. The molecule has 1 saturated carbocycles. The molecule has 4 N–H and O–H groups in total. The lowest BCUT2D eigenvalue weighted by molar-refractivity contribution is 0.0542. The van der Waals surface area contributed by atoms with E-state index < -0.39 is 0 Å². The highest BCUT2D eigenvalue weighted by Gasteiger charge is 2.42. The lowest BCUT2D eigenvalue weighted by Crippen LogP contribution is -2.45. The largest absolute Gasteiger partial charge is 0.398 e. The Morgan fingerprint density at radius 2 is 1.95 bits per heavy atom. The Kier molecular flexibility index (Phi) is 2.78. The number of rotatable bonds is 1. The first-order valence-electron chi connectivity index (χ1n) is 6.61. The summed E-state index contributed by atoms with van der Waals surface area (Å²) in [6.45, 7) is 0. The fourth-order valence-electron chi connectivity index (χ4n) is 3.10. The zero-order valence-electron chi connectivity index (χ0n) is 10.6. The molecule has 0 saturated heterocycles. The van der Waals surface area contributed by atoms with Gasteiger partial charge in [0.25, 0.3) is 11.8 Å². The van der Waals surface area contributed by atoms with Gasteiger partial charge >= 0.3 is 0 Å². The van der Waals surface area contributed by atoms with Gasteiger partial charge in [0.1, 0.15) is 0 Å². The van der Waals surface area contributed by atoms with Gasteiger partial charge in [-0.15, -0.1) is 0 Å². The Bertz CT molecular complexity index is 556. The SMILES string of the molecule is Nc1cccc2c1C(=O)N(C1CCCC(N)C1)C2=O. The number of imide groups is 1. The standard InChI is InChI=1S/C14H17N3O2/c15-8-3-1-4-9(7-8)17-13(18)10-5-2-6-11(16)12(10)14(17)19/h2,5-6,8-9H,1,3-4,7,15-16H2. The van der Waals surface area contributed by atoms with Crippen molar-refractivity contribution in [2.24, 2.45) is 5.73 Å². The van der Waals surface area contributed by atoms with E-state index >= 15 is 0 Å². The molecule has 19 heavy (non-hydrogen) atoms. The first-order chi connectivity index (χ1) is 9.09. The van der Waals surface area contributed by atoms with E-state index in [1.54, 1.807) is 18.2 Å². The molecule has 2 aliphatic rings. The summed E-state index contributed by atoms with van der Waals surface area (Å²) >= 11 is 0. The van der Waals surface area contributed by atoms with E-state index in [1.807, 2.05) is 0 Å². The van der Waals surface area contributed by atoms with Gasteiger partial charge in [-0.25, -0.2) is 0 Å². The zero-order valence-corrected chi connectivity index (χ0v) is 10.6. The first kappa shape index (κ1) is 12.2. The highest BCUT2D eigenvalue weighted by molar-refractivity contribution is 6.23. The van der Waals surface area contributed by atoms with E-state index in [-0.39, 0.29) is 23.9 Å². The van der Waals surface area contributed by atoms with Crippen LogP contribution in [0.1, 0.15) is 46.4 Å². The van der Waals surface area contributed by atoms with Gasteiger partial charge < -0.3 is 11.5 Å². The molecule has 5 heteroatoms. The second-order valence-corrected chi connectivity index (χ2v) is 5.33. The van der Waals surface area contributed by atoms with Crippen LogP contribution in [0.15, 0.2) is 18.2 Å². The van der Waals surface area contributed by atoms with Gasteiger partial charge in [-0.2, -0.15) is 0 Å². The number of nitrogen functional groups attached to an aromatic ring is 1. The molecule has 1 aliphatic heterocycles. The van der Waals surface area contributed by atoms with Crippen molar-refractivity contribution in [3.05, 3.63) is 29.3 Å². The fraction of sp³-hybridized carbons (Fsp3) is 0.429.